The third-order valence-corrected chi connectivity index (χ3v) is 5.77. The molecule has 2 saturated carbocycles. The molecule has 2 heteroatoms. The molecule has 0 unspecified atom stereocenters. The van der Waals surface area contributed by atoms with E-state index in [2.05, 4.69) is 10.2 Å². The molecule has 0 spiro atoms. The average molecular weight is 278 g/mol. The van der Waals surface area contributed by atoms with Gasteiger partial charge in [-0.2, -0.15) is 0 Å². The Morgan fingerprint density at radius 2 is 1.40 bits per heavy atom. The van der Waals surface area contributed by atoms with Crippen LogP contribution in [0.1, 0.15) is 77.0 Å². The van der Waals surface area contributed by atoms with E-state index in [0.29, 0.717) is 5.41 Å². The molecule has 0 aromatic carbocycles. The molecule has 0 radical (unpaired) electrons. The smallest absolute Gasteiger partial charge is 0.00684 e. The summed E-state index contributed by atoms with van der Waals surface area (Å²) in [6.07, 6.45) is 17.5. The summed E-state index contributed by atoms with van der Waals surface area (Å²) in [6, 6.07) is 0.874. The highest BCUT2D eigenvalue weighted by atomic mass is 15.1. The minimum atomic E-state index is 0.601. The molecule has 2 aliphatic carbocycles. The van der Waals surface area contributed by atoms with E-state index >= 15 is 0 Å². The summed E-state index contributed by atoms with van der Waals surface area (Å²) in [5, 5.41) is 3.87. The number of nitrogens with zero attached hydrogens (tertiary/aromatic N) is 1. The lowest BCUT2D eigenvalue weighted by atomic mass is 9.79. The van der Waals surface area contributed by atoms with Gasteiger partial charge in [0.1, 0.15) is 0 Å². The minimum absolute atomic E-state index is 0.601. The molecule has 0 aromatic heterocycles. The van der Waals surface area contributed by atoms with Crippen molar-refractivity contribution in [1.82, 2.24) is 10.2 Å². The van der Waals surface area contributed by atoms with Gasteiger partial charge in [0.25, 0.3) is 0 Å². The van der Waals surface area contributed by atoms with E-state index in [1.807, 2.05) is 0 Å². The lowest BCUT2D eigenvalue weighted by molar-refractivity contribution is 0.129. The van der Waals surface area contributed by atoms with Crippen molar-refractivity contribution >= 4 is 0 Å². The topological polar surface area (TPSA) is 15.3 Å². The van der Waals surface area contributed by atoms with Crippen LogP contribution in [0.15, 0.2) is 0 Å². The molecule has 1 N–H and O–H groups in total. The molecule has 0 atom stereocenters. The zero-order valence-corrected chi connectivity index (χ0v) is 13.3. The summed E-state index contributed by atoms with van der Waals surface area (Å²) >= 11 is 0. The van der Waals surface area contributed by atoms with Crippen molar-refractivity contribution in [2.75, 3.05) is 26.2 Å². The second-order valence-corrected chi connectivity index (χ2v) is 7.76. The van der Waals surface area contributed by atoms with Crippen LogP contribution in [0.4, 0.5) is 0 Å². The van der Waals surface area contributed by atoms with Crippen molar-refractivity contribution in [2.45, 2.75) is 83.1 Å². The lowest BCUT2D eigenvalue weighted by Gasteiger charge is -2.38. The third-order valence-electron chi connectivity index (χ3n) is 5.77. The first kappa shape index (κ1) is 14.8. The van der Waals surface area contributed by atoms with Gasteiger partial charge in [-0.15, -0.1) is 0 Å². The molecule has 20 heavy (non-hydrogen) atoms. The number of rotatable bonds is 5. The highest BCUT2D eigenvalue weighted by molar-refractivity contribution is 4.91. The van der Waals surface area contributed by atoms with Crippen LogP contribution in [0.2, 0.25) is 0 Å². The Hall–Kier alpha value is -0.0800. The SMILES string of the molecule is C1CCCN(CC2(CNC3CC3)CCCCCC2)CC1. The van der Waals surface area contributed by atoms with E-state index in [0.717, 1.165) is 6.04 Å². The zero-order valence-electron chi connectivity index (χ0n) is 13.3. The Morgan fingerprint density at radius 1 is 0.800 bits per heavy atom. The second kappa shape index (κ2) is 7.26. The van der Waals surface area contributed by atoms with Crippen LogP contribution in [-0.2, 0) is 0 Å². The van der Waals surface area contributed by atoms with E-state index in [1.54, 1.807) is 0 Å². The predicted octanol–water partition coefficient (Wildman–Crippen LogP) is 3.96. The van der Waals surface area contributed by atoms with E-state index in [4.69, 9.17) is 0 Å². The molecule has 3 aliphatic rings. The highest BCUT2D eigenvalue weighted by Crippen LogP contribution is 2.36. The van der Waals surface area contributed by atoms with Crippen molar-refractivity contribution < 1.29 is 0 Å². The molecule has 3 fully saturated rings. The summed E-state index contributed by atoms with van der Waals surface area (Å²) < 4.78 is 0. The van der Waals surface area contributed by atoms with E-state index in [1.165, 1.54) is 103 Å². The first-order chi connectivity index (χ1) is 9.86. The van der Waals surface area contributed by atoms with Gasteiger partial charge in [0, 0.05) is 19.1 Å². The molecule has 0 amide bonds. The highest BCUT2D eigenvalue weighted by Gasteiger charge is 2.34. The van der Waals surface area contributed by atoms with Gasteiger partial charge in [0.05, 0.1) is 0 Å². The molecular formula is C18H34N2. The monoisotopic (exact) mass is 278 g/mol. The van der Waals surface area contributed by atoms with Crippen molar-refractivity contribution in [3.8, 4) is 0 Å². The number of hydrogen-bond donors (Lipinski definition) is 1. The molecule has 1 saturated heterocycles. The lowest BCUT2D eigenvalue weighted by Crippen LogP contribution is -2.45. The van der Waals surface area contributed by atoms with Crippen LogP contribution < -0.4 is 5.32 Å². The predicted molar refractivity (Wildman–Crippen MR) is 86.1 cm³/mol. The maximum absolute atomic E-state index is 3.87. The number of likely N-dealkylation sites (tertiary alicyclic amines) is 1. The van der Waals surface area contributed by atoms with Crippen LogP contribution in [0, 0.1) is 5.41 Å². The van der Waals surface area contributed by atoms with Crippen LogP contribution >= 0.6 is 0 Å². The average Bonchev–Trinajstić information content (AvgIpc) is 3.28. The Kier molecular flexibility index (Phi) is 5.39. The van der Waals surface area contributed by atoms with Crippen molar-refractivity contribution in [3.05, 3.63) is 0 Å². The van der Waals surface area contributed by atoms with Crippen LogP contribution in [0.3, 0.4) is 0 Å². The third kappa shape index (κ3) is 4.46. The fraction of sp³-hybridized carbons (Fsp3) is 1.00. The van der Waals surface area contributed by atoms with E-state index < -0.39 is 0 Å². The molecule has 0 bridgehead atoms. The maximum Gasteiger partial charge on any atom is 0.00684 e. The van der Waals surface area contributed by atoms with Gasteiger partial charge in [-0.25, -0.2) is 0 Å². The fourth-order valence-electron chi connectivity index (χ4n) is 4.29. The van der Waals surface area contributed by atoms with E-state index in [-0.39, 0.29) is 0 Å². The van der Waals surface area contributed by atoms with Crippen molar-refractivity contribution in [2.24, 2.45) is 5.41 Å². The number of hydrogen-bond acceptors (Lipinski definition) is 2. The summed E-state index contributed by atoms with van der Waals surface area (Å²) in [6.45, 7) is 5.41. The Bertz CT molecular complexity index is 269. The maximum atomic E-state index is 3.87. The summed E-state index contributed by atoms with van der Waals surface area (Å²) in [5.41, 5.74) is 0.601. The minimum Gasteiger partial charge on any atom is -0.313 e. The van der Waals surface area contributed by atoms with Crippen molar-refractivity contribution in [1.29, 1.82) is 0 Å². The normalized spacial score (nSPS) is 28.8. The summed E-state index contributed by atoms with van der Waals surface area (Å²) in [7, 11) is 0. The van der Waals surface area contributed by atoms with Gasteiger partial charge >= 0.3 is 0 Å². The molecule has 1 aliphatic heterocycles. The van der Waals surface area contributed by atoms with Gasteiger partial charge in [-0.3, -0.25) is 0 Å². The first-order valence-electron chi connectivity index (χ1n) is 9.32. The Morgan fingerprint density at radius 3 is 2.00 bits per heavy atom. The van der Waals surface area contributed by atoms with Gasteiger partial charge < -0.3 is 10.2 Å². The standard InChI is InChI=1S/C18H34N2/c1-2-6-12-18(11-5-1,15-19-17-9-10-17)16-20-13-7-3-4-8-14-20/h17,19H,1-16H2. The largest absolute Gasteiger partial charge is 0.313 e. The second-order valence-electron chi connectivity index (χ2n) is 7.76. The quantitative estimate of drug-likeness (QED) is 0.766. The molecule has 116 valence electrons. The molecule has 3 rings (SSSR count). The first-order valence-corrected chi connectivity index (χ1v) is 9.32. The fourth-order valence-corrected chi connectivity index (χ4v) is 4.29. The molecular weight excluding hydrogens is 244 g/mol. The summed E-state index contributed by atoms with van der Waals surface area (Å²) in [5.74, 6) is 0. The zero-order chi connectivity index (χ0) is 13.7. The van der Waals surface area contributed by atoms with Gasteiger partial charge in [0.15, 0.2) is 0 Å². The van der Waals surface area contributed by atoms with Crippen LogP contribution in [0.25, 0.3) is 0 Å². The summed E-state index contributed by atoms with van der Waals surface area (Å²) in [4.78, 5) is 2.81. The molecule has 0 aromatic rings. The molecule has 1 heterocycles. The van der Waals surface area contributed by atoms with Crippen LogP contribution in [0.5, 0.6) is 0 Å². The number of nitrogens with one attached hydrogen (secondary N) is 1. The van der Waals surface area contributed by atoms with Gasteiger partial charge in [0.2, 0.25) is 0 Å². The van der Waals surface area contributed by atoms with Crippen molar-refractivity contribution in [3.63, 3.8) is 0 Å². The van der Waals surface area contributed by atoms with E-state index in [9.17, 15) is 0 Å². The molecule has 2 nitrogen and oxygen atoms in total. The van der Waals surface area contributed by atoms with Gasteiger partial charge in [-0.1, -0.05) is 38.5 Å². The van der Waals surface area contributed by atoms with Gasteiger partial charge in [-0.05, 0) is 57.0 Å². The Balaban J connectivity index is 1.59. The van der Waals surface area contributed by atoms with Crippen LogP contribution in [-0.4, -0.2) is 37.1 Å². The Labute approximate surface area is 125 Å².